The van der Waals surface area contributed by atoms with Crippen molar-refractivity contribution in [3.63, 3.8) is 0 Å². The van der Waals surface area contributed by atoms with Gasteiger partial charge in [-0.15, -0.1) is 0 Å². The number of ether oxygens (including phenoxy) is 3. The van der Waals surface area contributed by atoms with E-state index in [1.165, 1.54) is 11.7 Å². The SMILES string of the molecule is COCCOC(=O)C(C)n1ccc2cc(OC)ccc2c1=O. The van der Waals surface area contributed by atoms with Gasteiger partial charge in [-0.1, -0.05) is 0 Å². The maximum absolute atomic E-state index is 12.5. The molecule has 0 aliphatic carbocycles. The van der Waals surface area contributed by atoms with E-state index in [2.05, 4.69) is 0 Å². The molecule has 1 aromatic heterocycles. The van der Waals surface area contributed by atoms with E-state index in [9.17, 15) is 9.59 Å². The maximum atomic E-state index is 12.5. The lowest BCUT2D eigenvalue weighted by Gasteiger charge is -2.15. The first kappa shape index (κ1) is 16.0. The molecule has 22 heavy (non-hydrogen) atoms. The highest BCUT2D eigenvalue weighted by Crippen LogP contribution is 2.18. The van der Waals surface area contributed by atoms with Crippen LogP contribution in [0, 0.1) is 0 Å². The topological polar surface area (TPSA) is 66.8 Å². The van der Waals surface area contributed by atoms with Crippen LogP contribution in [-0.4, -0.2) is 38.0 Å². The zero-order chi connectivity index (χ0) is 16.1. The van der Waals surface area contributed by atoms with Crippen molar-refractivity contribution in [3.05, 3.63) is 40.8 Å². The highest BCUT2D eigenvalue weighted by molar-refractivity contribution is 5.83. The van der Waals surface area contributed by atoms with E-state index in [1.54, 1.807) is 44.5 Å². The van der Waals surface area contributed by atoms with Gasteiger partial charge >= 0.3 is 5.97 Å². The van der Waals surface area contributed by atoms with Crippen molar-refractivity contribution in [2.45, 2.75) is 13.0 Å². The predicted octanol–water partition coefficient (Wildman–Crippen LogP) is 1.76. The summed E-state index contributed by atoms with van der Waals surface area (Å²) in [5.74, 6) is 0.212. The number of esters is 1. The number of methoxy groups -OCH3 is 2. The van der Waals surface area contributed by atoms with Crippen molar-refractivity contribution < 1.29 is 19.0 Å². The summed E-state index contributed by atoms with van der Waals surface area (Å²) in [7, 11) is 3.10. The van der Waals surface area contributed by atoms with Crippen LogP contribution in [0.4, 0.5) is 0 Å². The van der Waals surface area contributed by atoms with E-state index < -0.39 is 12.0 Å². The smallest absolute Gasteiger partial charge is 0.329 e. The van der Waals surface area contributed by atoms with E-state index in [0.29, 0.717) is 17.7 Å². The number of pyridine rings is 1. The molecule has 2 rings (SSSR count). The summed E-state index contributed by atoms with van der Waals surface area (Å²) in [5.41, 5.74) is -0.239. The fraction of sp³-hybridized carbons (Fsp3) is 0.375. The van der Waals surface area contributed by atoms with Gasteiger partial charge in [-0.05, 0) is 36.6 Å². The summed E-state index contributed by atoms with van der Waals surface area (Å²) in [6, 6.07) is 6.27. The zero-order valence-electron chi connectivity index (χ0n) is 12.9. The quantitative estimate of drug-likeness (QED) is 0.601. The molecule has 6 heteroatoms. The number of carbonyl (C=O) groups is 1. The van der Waals surface area contributed by atoms with Crippen molar-refractivity contribution in [2.75, 3.05) is 27.4 Å². The molecule has 0 saturated heterocycles. The van der Waals surface area contributed by atoms with Crippen LogP contribution in [0.2, 0.25) is 0 Å². The summed E-state index contributed by atoms with van der Waals surface area (Å²) in [6.45, 7) is 2.12. The first-order valence-corrected chi connectivity index (χ1v) is 6.93. The van der Waals surface area contributed by atoms with Gasteiger partial charge in [0.15, 0.2) is 0 Å². The second-order valence-electron chi connectivity index (χ2n) is 4.82. The normalized spacial score (nSPS) is 12.1. The summed E-state index contributed by atoms with van der Waals surface area (Å²) in [6.07, 6.45) is 1.59. The number of fused-ring (bicyclic) bond motifs is 1. The Morgan fingerprint density at radius 2 is 2.00 bits per heavy atom. The van der Waals surface area contributed by atoms with Gasteiger partial charge in [-0.3, -0.25) is 4.79 Å². The minimum atomic E-state index is -0.698. The second-order valence-corrected chi connectivity index (χ2v) is 4.82. The Morgan fingerprint density at radius 3 is 2.68 bits per heavy atom. The first-order valence-electron chi connectivity index (χ1n) is 6.93. The van der Waals surface area contributed by atoms with Crippen molar-refractivity contribution in [3.8, 4) is 5.75 Å². The van der Waals surface area contributed by atoms with Crippen LogP contribution in [0.3, 0.4) is 0 Å². The molecule has 0 bridgehead atoms. The number of hydrogen-bond acceptors (Lipinski definition) is 5. The average molecular weight is 305 g/mol. The molecular weight excluding hydrogens is 286 g/mol. The molecule has 0 amide bonds. The van der Waals surface area contributed by atoms with Crippen LogP contribution < -0.4 is 10.3 Å². The molecule has 2 aromatic rings. The van der Waals surface area contributed by atoms with Crippen molar-refractivity contribution in [1.82, 2.24) is 4.57 Å². The highest BCUT2D eigenvalue weighted by Gasteiger charge is 2.18. The van der Waals surface area contributed by atoms with Crippen molar-refractivity contribution in [1.29, 1.82) is 0 Å². The van der Waals surface area contributed by atoms with Gasteiger partial charge in [-0.2, -0.15) is 0 Å². The molecule has 6 nitrogen and oxygen atoms in total. The van der Waals surface area contributed by atoms with Gasteiger partial charge in [0.05, 0.1) is 13.7 Å². The van der Waals surface area contributed by atoms with E-state index in [1.807, 2.05) is 0 Å². The third-order valence-corrected chi connectivity index (χ3v) is 3.43. The largest absolute Gasteiger partial charge is 0.497 e. The number of carbonyl (C=O) groups excluding carboxylic acids is 1. The Bertz CT molecular complexity index is 722. The maximum Gasteiger partial charge on any atom is 0.329 e. The fourth-order valence-electron chi connectivity index (χ4n) is 2.13. The number of rotatable bonds is 6. The third kappa shape index (κ3) is 3.28. The van der Waals surface area contributed by atoms with E-state index in [-0.39, 0.29) is 12.2 Å². The van der Waals surface area contributed by atoms with E-state index >= 15 is 0 Å². The Balaban J connectivity index is 2.30. The lowest BCUT2D eigenvalue weighted by atomic mass is 10.1. The number of nitrogens with zero attached hydrogens (tertiary/aromatic N) is 1. The van der Waals surface area contributed by atoms with Gasteiger partial charge in [0.25, 0.3) is 5.56 Å². The molecule has 1 heterocycles. The standard InChI is InChI=1S/C16H19NO5/c1-11(16(19)22-9-8-20-2)17-7-6-12-10-13(21-3)4-5-14(12)15(17)18/h4-7,10-11H,8-9H2,1-3H3. The third-order valence-electron chi connectivity index (χ3n) is 3.43. The van der Waals surface area contributed by atoms with Gasteiger partial charge in [0.1, 0.15) is 18.4 Å². The molecule has 0 N–H and O–H groups in total. The Hall–Kier alpha value is -2.34. The van der Waals surface area contributed by atoms with Crippen LogP contribution in [-0.2, 0) is 14.3 Å². The Morgan fingerprint density at radius 1 is 1.23 bits per heavy atom. The highest BCUT2D eigenvalue weighted by atomic mass is 16.6. The zero-order valence-corrected chi connectivity index (χ0v) is 12.9. The van der Waals surface area contributed by atoms with Crippen molar-refractivity contribution >= 4 is 16.7 Å². The van der Waals surface area contributed by atoms with Gasteiger partial charge < -0.3 is 18.8 Å². The minimum Gasteiger partial charge on any atom is -0.497 e. The number of aromatic nitrogens is 1. The molecule has 0 fully saturated rings. The van der Waals surface area contributed by atoms with Crippen LogP contribution in [0.1, 0.15) is 13.0 Å². The minimum absolute atomic E-state index is 0.166. The average Bonchev–Trinajstić information content (AvgIpc) is 2.54. The number of hydrogen-bond donors (Lipinski definition) is 0. The summed E-state index contributed by atoms with van der Waals surface area (Å²) in [5, 5.41) is 1.29. The second kappa shape index (κ2) is 7.09. The molecule has 0 aliphatic rings. The summed E-state index contributed by atoms with van der Waals surface area (Å²) >= 11 is 0. The lowest BCUT2D eigenvalue weighted by Crippen LogP contribution is -2.29. The summed E-state index contributed by atoms with van der Waals surface area (Å²) < 4.78 is 16.4. The molecule has 1 atom stereocenters. The molecule has 0 saturated carbocycles. The molecular formula is C16H19NO5. The lowest BCUT2D eigenvalue weighted by molar-refractivity contribution is -0.148. The van der Waals surface area contributed by atoms with Crippen LogP contribution in [0.25, 0.3) is 10.8 Å². The monoisotopic (exact) mass is 305 g/mol. The molecule has 1 aromatic carbocycles. The van der Waals surface area contributed by atoms with E-state index in [0.717, 1.165) is 5.39 Å². The van der Waals surface area contributed by atoms with Crippen LogP contribution in [0.5, 0.6) is 5.75 Å². The van der Waals surface area contributed by atoms with E-state index in [4.69, 9.17) is 14.2 Å². The first-order chi connectivity index (χ1) is 10.6. The van der Waals surface area contributed by atoms with Gasteiger partial charge in [-0.25, -0.2) is 4.79 Å². The van der Waals surface area contributed by atoms with Gasteiger partial charge in [0.2, 0.25) is 0 Å². The Kier molecular flexibility index (Phi) is 5.16. The number of benzene rings is 1. The van der Waals surface area contributed by atoms with Crippen LogP contribution >= 0.6 is 0 Å². The fourth-order valence-corrected chi connectivity index (χ4v) is 2.13. The molecule has 118 valence electrons. The van der Waals surface area contributed by atoms with Crippen molar-refractivity contribution in [2.24, 2.45) is 0 Å². The molecule has 0 radical (unpaired) electrons. The molecule has 0 aliphatic heterocycles. The summed E-state index contributed by atoms with van der Waals surface area (Å²) in [4.78, 5) is 24.4. The van der Waals surface area contributed by atoms with Gasteiger partial charge in [0, 0.05) is 18.7 Å². The predicted molar refractivity (Wildman–Crippen MR) is 82.3 cm³/mol. The molecule has 0 spiro atoms. The van der Waals surface area contributed by atoms with Crippen LogP contribution in [0.15, 0.2) is 35.3 Å². The Labute approximate surface area is 128 Å². The molecule has 1 unspecified atom stereocenters.